The van der Waals surface area contributed by atoms with Gasteiger partial charge in [0.15, 0.2) is 11.6 Å². The van der Waals surface area contributed by atoms with E-state index >= 15 is 0 Å². The minimum absolute atomic E-state index is 0.193. The van der Waals surface area contributed by atoms with Crippen LogP contribution >= 0.6 is 0 Å². The minimum atomic E-state index is -1.37. The Morgan fingerprint density at radius 3 is 2.67 bits per heavy atom. The Bertz CT molecular complexity index is 682. The van der Waals surface area contributed by atoms with Gasteiger partial charge in [-0.25, -0.2) is 13.2 Å². The maximum Gasteiger partial charge on any atom is 0.272 e. The Morgan fingerprint density at radius 1 is 1.29 bits per heavy atom. The van der Waals surface area contributed by atoms with Crippen molar-refractivity contribution >= 4 is 17.3 Å². The minimum Gasteiger partial charge on any atom is -0.397 e. The molecule has 0 unspecified atom stereocenters. The Balaban J connectivity index is 2.30. The maximum atomic E-state index is 13.5. The van der Waals surface area contributed by atoms with Crippen molar-refractivity contribution in [2.24, 2.45) is 0 Å². The molecule has 3 N–H and O–H groups in total. The van der Waals surface area contributed by atoms with Crippen molar-refractivity contribution in [3.63, 3.8) is 0 Å². The highest BCUT2D eigenvalue weighted by atomic mass is 19.2. The first kappa shape index (κ1) is 15.0. The fourth-order valence-corrected chi connectivity index (χ4v) is 1.98. The summed E-state index contributed by atoms with van der Waals surface area (Å²) in [5.74, 6) is -4.35. The molecule has 0 aliphatic carbocycles. The van der Waals surface area contributed by atoms with Crippen LogP contribution in [0.25, 0.3) is 0 Å². The molecule has 0 atom stereocenters. The van der Waals surface area contributed by atoms with Gasteiger partial charge < -0.3 is 15.6 Å². The molecule has 0 aliphatic rings. The number of nitrogens with two attached hydrogens (primary N) is 1. The van der Waals surface area contributed by atoms with E-state index in [1.807, 2.05) is 6.92 Å². The van der Waals surface area contributed by atoms with Crippen molar-refractivity contribution in [1.82, 2.24) is 4.57 Å². The van der Waals surface area contributed by atoms with Gasteiger partial charge in [-0.05, 0) is 12.5 Å². The fraction of sp³-hybridized carbons (Fsp3) is 0.214. The van der Waals surface area contributed by atoms with E-state index in [1.165, 1.54) is 6.07 Å². The predicted octanol–water partition coefficient (Wildman–Crippen LogP) is 3.15. The first-order valence-corrected chi connectivity index (χ1v) is 6.34. The number of anilines is 2. The van der Waals surface area contributed by atoms with E-state index in [0.717, 1.165) is 6.42 Å². The topological polar surface area (TPSA) is 60.0 Å². The molecule has 7 heteroatoms. The summed E-state index contributed by atoms with van der Waals surface area (Å²) in [6, 6.07) is 2.54. The van der Waals surface area contributed by atoms with E-state index in [2.05, 4.69) is 5.32 Å². The van der Waals surface area contributed by atoms with Gasteiger partial charge in [0, 0.05) is 24.9 Å². The molecular formula is C14H14F3N3O. The van der Waals surface area contributed by atoms with E-state index < -0.39 is 29.0 Å². The zero-order valence-corrected chi connectivity index (χ0v) is 11.3. The maximum absolute atomic E-state index is 13.5. The SMILES string of the molecule is CCCn1cc(N)cc1C(=O)Nc1cc(F)cc(F)c1F. The summed E-state index contributed by atoms with van der Waals surface area (Å²) in [6.07, 6.45) is 2.33. The van der Waals surface area contributed by atoms with Crippen molar-refractivity contribution in [2.75, 3.05) is 11.1 Å². The molecule has 4 nitrogen and oxygen atoms in total. The Labute approximate surface area is 119 Å². The average Bonchev–Trinajstić information content (AvgIpc) is 2.77. The van der Waals surface area contributed by atoms with Gasteiger partial charge in [0.25, 0.3) is 5.91 Å². The number of carbonyl (C=O) groups excluding carboxylic acids is 1. The molecule has 2 rings (SSSR count). The third-order valence-corrected chi connectivity index (χ3v) is 2.86. The summed E-state index contributed by atoms with van der Waals surface area (Å²) in [4.78, 5) is 12.1. The second-order valence-corrected chi connectivity index (χ2v) is 4.56. The zero-order valence-electron chi connectivity index (χ0n) is 11.3. The van der Waals surface area contributed by atoms with E-state index in [4.69, 9.17) is 5.73 Å². The lowest BCUT2D eigenvalue weighted by atomic mass is 10.2. The summed E-state index contributed by atoms with van der Waals surface area (Å²) in [5, 5.41) is 2.15. The number of carbonyl (C=O) groups is 1. The third kappa shape index (κ3) is 3.18. The quantitative estimate of drug-likeness (QED) is 0.852. The highest BCUT2D eigenvalue weighted by molar-refractivity contribution is 6.03. The van der Waals surface area contributed by atoms with Crippen LogP contribution in [0.15, 0.2) is 24.4 Å². The number of amides is 1. The third-order valence-electron chi connectivity index (χ3n) is 2.86. The summed E-state index contributed by atoms with van der Waals surface area (Å²) < 4.78 is 41.3. The van der Waals surface area contributed by atoms with Crippen LogP contribution in [0.4, 0.5) is 24.5 Å². The van der Waals surface area contributed by atoms with Crippen LogP contribution in [0.2, 0.25) is 0 Å². The van der Waals surface area contributed by atoms with E-state index in [1.54, 1.807) is 10.8 Å². The molecule has 1 amide bonds. The van der Waals surface area contributed by atoms with Crippen LogP contribution in [0.1, 0.15) is 23.8 Å². The second kappa shape index (κ2) is 5.90. The number of nitrogens with zero attached hydrogens (tertiary/aromatic N) is 1. The molecule has 0 spiro atoms. The normalized spacial score (nSPS) is 10.7. The molecule has 1 aromatic carbocycles. The predicted molar refractivity (Wildman–Crippen MR) is 73.4 cm³/mol. The van der Waals surface area contributed by atoms with Crippen LogP contribution < -0.4 is 11.1 Å². The summed E-state index contributed by atoms with van der Waals surface area (Å²) in [6.45, 7) is 2.46. The van der Waals surface area contributed by atoms with E-state index in [0.29, 0.717) is 24.4 Å². The molecule has 0 radical (unpaired) electrons. The first-order valence-electron chi connectivity index (χ1n) is 6.34. The molecule has 0 aliphatic heterocycles. The van der Waals surface area contributed by atoms with Crippen molar-refractivity contribution in [1.29, 1.82) is 0 Å². The standard InChI is InChI=1S/C14H14F3N3O/c1-2-3-20-7-9(18)6-12(20)14(21)19-11-5-8(15)4-10(16)13(11)17/h4-7H,2-3,18H2,1H3,(H,19,21). The summed E-state index contributed by atoms with van der Waals surface area (Å²) >= 11 is 0. The first-order chi connectivity index (χ1) is 9.92. The summed E-state index contributed by atoms with van der Waals surface area (Å²) in [7, 11) is 0. The van der Waals surface area contributed by atoms with Gasteiger partial charge in [0.2, 0.25) is 0 Å². The van der Waals surface area contributed by atoms with Gasteiger partial charge in [-0.15, -0.1) is 0 Å². The van der Waals surface area contributed by atoms with Crippen molar-refractivity contribution in [2.45, 2.75) is 19.9 Å². The lowest BCUT2D eigenvalue weighted by Crippen LogP contribution is -2.18. The second-order valence-electron chi connectivity index (χ2n) is 4.56. The number of hydrogen-bond donors (Lipinski definition) is 2. The number of hydrogen-bond acceptors (Lipinski definition) is 2. The molecule has 2 aromatic rings. The Kier molecular flexibility index (Phi) is 4.21. The number of halogens is 3. The molecule has 21 heavy (non-hydrogen) atoms. The van der Waals surface area contributed by atoms with Crippen LogP contribution in [-0.2, 0) is 6.54 Å². The molecule has 0 saturated carbocycles. The fourth-order valence-electron chi connectivity index (χ4n) is 1.98. The Hall–Kier alpha value is -2.44. The van der Waals surface area contributed by atoms with E-state index in [-0.39, 0.29) is 5.69 Å². The van der Waals surface area contributed by atoms with Crippen LogP contribution in [0.3, 0.4) is 0 Å². The highest BCUT2D eigenvalue weighted by Crippen LogP contribution is 2.21. The Morgan fingerprint density at radius 2 is 2.00 bits per heavy atom. The number of rotatable bonds is 4. The number of nitrogen functional groups attached to an aromatic ring is 1. The van der Waals surface area contributed by atoms with Gasteiger partial charge in [-0.1, -0.05) is 6.92 Å². The monoisotopic (exact) mass is 297 g/mol. The van der Waals surface area contributed by atoms with Gasteiger partial charge in [0.1, 0.15) is 11.5 Å². The molecular weight excluding hydrogens is 283 g/mol. The largest absolute Gasteiger partial charge is 0.397 e. The molecule has 0 fully saturated rings. The lowest BCUT2D eigenvalue weighted by Gasteiger charge is -2.09. The summed E-state index contributed by atoms with van der Waals surface area (Å²) in [5.41, 5.74) is 5.64. The van der Waals surface area contributed by atoms with Crippen LogP contribution in [0, 0.1) is 17.5 Å². The van der Waals surface area contributed by atoms with E-state index in [9.17, 15) is 18.0 Å². The molecule has 0 bridgehead atoms. The molecule has 112 valence electrons. The number of benzene rings is 1. The van der Waals surface area contributed by atoms with Crippen LogP contribution in [0.5, 0.6) is 0 Å². The lowest BCUT2D eigenvalue weighted by molar-refractivity contribution is 0.101. The zero-order chi connectivity index (χ0) is 15.6. The smallest absolute Gasteiger partial charge is 0.272 e. The van der Waals surface area contributed by atoms with Gasteiger partial charge in [0.05, 0.1) is 11.4 Å². The number of aryl methyl sites for hydroxylation is 1. The highest BCUT2D eigenvalue weighted by Gasteiger charge is 2.17. The molecule has 1 aromatic heterocycles. The molecule has 0 saturated heterocycles. The van der Waals surface area contributed by atoms with Gasteiger partial charge in [-0.2, -0.15) is 0 Å². The van der Waals surface area contributed by atoms with Crippen molar-refractivity contribution in [3.8, 4) is 0 Å². The van der Waals surface area contributed by atoms with Crippen molar-refractivity contribution in [3.05, 3.63) is 47.5 Å². The molecule has 1 heterocycles. The average molecular weight is 297 g/mol. The number of aromatic nitrogens is 1. The van der Waals surface area contributed by atoms with Gasteiger partial charge >= 0.3 is 0 Å². The number of nitrogens with one attached hydrogen (secondary N) is 1. The van der Waals surface area contributed by atoms with Crippen molar-refractivity contribution < 1.29 is 18.0 Å². The van der Waals surface area contributed by atoms with Crippen LogP contribution in [-0.4, -0.2) is 10.5 Å². The van der Waals surface area contributed by atoms with Gasteiger partial charge in [-0.3, -0.25) is 4.79 Å².